The molecule has 0 aromatic carbocycles. The van der Waals surface area contributed by atoms with E-state index in [1.165, 1.54) is 7.11 Å². The van der Waals surface area contributed by atoms with Crippen LogP contribution in [0.15, 0.2) is 0 Å². The van der Waals surface area contributed by atoms with Gasteiger partial charge in [0.15, 0.2) is 6.29 Å². The molecule has 1 rings (SSSR count). The maximum Gasteiger partial charge on any atom is 0.184 e. The summed E-state index contributed by atoms with van der Waals surface area (Å²) in [6, 6.07) is -0.738. The summed E-state index contributed by atoms with van der Waals surface area (Å²) in [4.78, 5) is 0. The van der Waals surface area contributed by atoms with Gasteiger partial charge in [-0.2, -0.15) is 0 Å². The summed E-state index contributed by atoms with van der Waals surface area (Å²) in [5, 5.41) is 9.18. The molecule has 5 atom stereocenters. The number of aliphatic hydroxyl groups is 1. The number of hydrogen-bond donors (Lipinski definition) is 2. The topological polar surface area (TPSA) is 64.7 Å². The molecule has 0 aliphatic carbocycles. The van der Waals surface area contributed by atoms with Crippen molar-refractivity contribution in [2.45, 2.75) is 37.6 Å². The van der Waals surface area contributed by atoms with Gasteiger partial charge in [0.25, 0.3) is 0 Å². The summed E-state index contributed by atoms with van der Waals surface area (Å²) in [7, 11) is 1.31. The van der Waals surface area contributed by atoms with Gasteiger partial charge in [-0.15, -0.1) is 0 Å². The van der Waals surface area contributed by atoms with E-state index in [9.17, 15) is 9.50 Å². The van der Waals surface area contributed by atoms with Crippen molar-refractivity contribution in [2.24, 2.45) is 5.73 Å². The number of aliphatic hydroxyl groups excluding tert-OH is 1. The molecule has 1 heterocycles. The highest BCUT2D eigenvalue weighted by Crippen LogP contribution is 2.22. The maximum atomic E-state index is 13.3. The third kappa shape index (κ3) is 1.59. The molecule has 0 aromatic rings. The van der Waals surface area contributed by atoms with E-state index in [1.807, 2.05) is 0 Å². The molecule has 0 amide bonds. The van der Waals surface area contributed by atoms with E-state index in [2.05, 4.69) is 0 Å². The van der Waals surface area contributed by atoms with Crippen LogP contribution in [0.4, 0.5) is 4.39 Å². The predicted molar refractivity (Wildman–Crippen MR) is 40.2 cm³/mol. The fourth-order valence-electron chi connectivity index (χ4n) is 1.27. The Morgan fingerprint density at radius 3 is 2.67 bits per heavy atom. The van der Waals surface area contributed by atoms with Gasteiger partial charge in [0.2, 0.25) is 0 Å². The van der Waals surface area contributed by atoms with Gasteiger partial charge in [-0.25, -0.2) is 4.39 Å². The normalized spacial score (nSPS) is 49.2. The zero-order valence-electron chi connectivity index (χ0n) is 7.11. The van der Waals surface area contributed by atoms with Gasteiger partial charge in [-0.3, -0.25) is 0 Å². The van der Waals surface area contributed by atoms with Gasteiger partial charge in [0, 0.05) is 7.11 Å². The van der Waals surface area contributed by atoms with Crippen LogP contribution in [-0.4, -0.2) is 42.9 Å². The van der Waals surface area contributed by atoms with E-state index in [1.54, 1.807) is 6.92 Å². The molecule has 1 aliphatic heterocycles. The van der Waals surface area contributed by atoms with Crippen molar-refractivity contribution in [1.29, 1.82) is 0 Å². The van der Waals surface area contributed by atoms with Gasteiger partial charge in [0.05, 0.1) is 12.1 Å². The molecule has 0 aromatic heterocycles. The van der Waals surface area contributed by atoms with Gasteiger partial charge < -0.3 is 20.3 Å². The Bertz CT molecular complexity index is 158. The molecule has 1 saturated heterocycles. The molecule has 0 unspecified atom stereocenters. The van der Waals surface area contributed by atoms with Gasteiger partial charge in [-0.05, 0) is 6.92 Å². The Morgan fingerprint density at radius 1 is 1.58 bits per heavy atom. The van der Waals surface area contributed by atoms with Crippen molar-refractivity contribution in [3.63, 3.8) is 0 Å². The SMILES string of the molecule is CO[C@H]1[C@@H](F)[C@H](N)[C@@H](C)O[C@@H]1O. The highest BCUT2D eigenvalue weighted by atomic mass is 19.1. The first-order chi connectivity index (χ1) is 5.57. The largest absolute Gasteiger partial charge is 0.373 e. The quantitative estimate of drug-likeness (QED) is 0.564. The lowest BCUT2D eigenvalue weighted by Gasteiger charge is -2.37. The van der Waals surface area contributed by atoms with Crippen LogP contribution in [-0.2, 0) is 9.47 Å². The van der Waals surface area contributed by atoms with Crippen LogP contribution < -0.4 is 5.73 Å². The number of rotatable bonds is 1. The number of methoxy groups -OCH3 is 1. The number of alkyl halides is 1. The Morgan fingerprint density at radius 2 is 2.17 bits per heavy atom. The highest BCUT2D eigenvalue weighted by Gasteiger charge is 2.42. The number of halogens is 1. The van der Waals surface area contributed by atoms with Crippen LogP contribution >= 0.6 is 0 Å². The molecular formula is C7H14FNO3. The van der Waals surface area contributed by atoms with Crippen LogP contribution in [0.25, 0.3) is 0 Å². The Kier molecular flexibility index (Phi) is 3.00. The average molecular weight is 179 g/mol. The molecule has 0 spiro atoms. The Balaban J connectivity index is 2.65. The monoisotopic (exact) mass is 179 g/mol. The molecule has 3 N–H and O–H groups in total. The first-order valence-electron chi connectivity index (χ1n) is 3.84. The smallest absolute Gasteiger partial charge is 0.184 e. The molecule has 12 heavy (non-hydrogen) atoms. The minimum absolute atomic E-state index is 0.485. The average Bonchev–Trinajstić information content (AvgIpc) is 2.01. The zero-order chi connectivity index (χ0) is 9.30. The van der Waals surface area contributed by atoms with Crippen molar-refractivity contribution < 1.29 is 19.0 Å². The van der Waals surface area contributed by atoms with Crippen molar-refractivity contribution in [3.05, 3.63) is 0 Å². The second-order valence-corrected chi connectivity index (χ2v) is 2.95. The lowest BCUT2D eigenvalue weighted by molar-refractivity contribution is -0.244. The number of ether oxygens (including phenoxy) is 2. The zero-order valence-corrected chi connectivity index (χ0v) is 7.11. The second-order valence-electron chi connectivity index (χ2n) is 2.95. The van der Waals surface area contributed by atoms with Crippen LogP contribution in [0, 0.1) is 0 Å². The fourth-order valence-corrected chi connectivity index (χ4v) is 1.27. The van der Waals surface area contributed by atoms with E-state index < -0.39 is 30.7 Å². The standard InChI is InChI=1S/C7H14FNO3/c1-3-5(9)4(8)6(11-2)7(10)12-3/h3-7,10H,9H2,1-2H3/t3-,4+,5-,6+,7+/m1/s1. The molecule has 0 bridgehead atoms. The van der Waals surface area contributed by atoms with Crippen molar-refractivity contribution >= 4 is 0 Å². The lowest BCUT2D eigenvalue weighted by atomic mass is 9.99. The van der Waals surface area contributed by atoms with E-state index in [0.717, 1.165) is 0 Å². The van der Waals surface area contributed by atoms with Crippen LogP contribution in [0.2, 0.25) is 0 Å². The minimum Gasteiger partial charge on any atom is -0.373 e. The molecule has 4 nitrogen and oxygen atoms in total. The van der Waals surface area contributed by atoms with Gasteiger partial charge in [0.1, 0.15) is 12.3 Å². The molecule has 1 fully saturated rings. The summed E-state index contributed by atoms with van der Waals surface area (Å²) in [6.07, 6.45) is -4.06. The van der Waals surface area contributed by atoms with E-state index in [-0.39, 0.29) is 0 Å². The van der Waals surface area contributed by atoms with Crippen molar-refractivity contribution in [2.75, 3.05) is 7.11 Å². The second kappa shape index (κ2) is 3.66. The van der Waals surface area contributed by atoms with E-state index in [0.29, 0.717) is 0 Å². The minimum atomic E-state index is -1.38. The van der Waals surface area contributed by atoms with Crippen LogP contribution in [0.5, 0.6) is 0 Å². The lowest BCUT2D eigenvalue weighted by Crippen LogP contribution is -2.58. The molecule has 0 radical (unpaired) electrons. The summed E-state index contributed by atoms with van der Waals surface area (Å²) in [6.45, 7) is 1.62. The summed E-state index contributed by atoms with van der Waals surface area (Å²) >= 11 is 0. The van der Waals surface area contributed by atoms with Crippen LogP contribution in [0.3, 0.4) is 0 Å². The Labute approximate surface area is 70.4 Å². The summed E-state index contributed by atoms with van der Waals surface area (Å²) in [5.74, 6) is 0. The highest BCUT2D eigenvalue weighted by molar-refractivity contribution is 4.90. The first-order valence-corrected chi connectivity index (χ1v) is 3.84. The van der Waals surface area contributed by atoms with Crippen molar-refractivity contribution in [3.8, 4) is 0 Å². The molecule has 0 saturated carbocycles. The predicted octanol–water partition coefficient (Wildman–Crippen LogP) is -0.596. The van der Waals surface area contributed by atoms with E-state index >= 15 is 0 Å². The number of nitrogens with two attached hydrogens (primary N) is 1. The van der Waals surface area contributed by atoms with Gasteiger partial charge in [-0.1, -0.05) is 0 Å². The molecule has 5 heteroatoms. The van der Waals surface area contributed by atoms with Gasteiger partial charge >= 0.3 is 0 Å². The maximum absolute atomic E-state index is 13.3. The van der Waals surface area contributed by atoms with Crippen LogP contribution in [0.1, 0.15) is 6.92 Å². The fraction of sp³-hybridized carbons (Fsp3) is 1.00. The van der Waals surface area contributed by atoms with E-state index in [4.69, 9.17) is 15.2 Å². The molecule has 1 aliphatic rings. The first kappa shape index (κ1) is 9.85. The third-order valence-electron chi connectivity index (χ3n) is 2.13. The molecular weight excluding hydrogens is 165 g/mol. The summed E-state index contributed by atoms with van der Waals surface area (Å²) < 4.78 is 22.9. The Hall–Kier alpha value is -0.230. The molecule has 72 valence electrons. The van der Waals surface area contributed by atoms with Crippen molar-refractivity contribution in [1.82, 2.24) is 0 Å². The summed E-state index contributed by atoms with van der Waals surface area (Å²) in [5.41, 5.74) is 5.46. The number of hydrogen-bond acceptors (Lipinski definition) is 4. The third-order valence-corrected chi connectivity index (χ3v) is 2.13.